The van der Waals surface area contributed by atoms with Gasteiger partial charge < -0.3 is 15.4 Å². The summed E-state index contributed by atoms with van der Waals surface area (Å²) in [6.45, 7) is 5.13. The summed E-state index contributed by atoms with van der Waals surface area (Å²) in [4.78, 5) is 18.8. The van der Waals surface area contributed by atoms with Gasteiger partial charge in [0.25, 0.3) is 5.91 Å². The Labute approximate surface area is 121 Å². The van der Waals surface area contributed by atoms with Crippen LogP contribution >= 0.6 is 11.3 Å². The summed E-state index contributed by atoms with van der Waals surface area (Å²) in [5, 5.41) is 0.874. The number of rotatable bonds is 6. The third-order valence-corrected chi connectivity index (χ3v) is 4.07. The van der Waals surface area contributed by atoms with Gasteiger partial charge in [-0.15, -0.1) is 17.9 Å². The van der Waals surface area contributed by atoms with E-state index in [1.54, 1.807) is 30.5 Å². The number of nitrogens with zero attached hydrogens (tertiary/aromatic N) is 2. The average molecular weight is 291 g/mol. The Kier molecular flexibility index (Phi) is 4.70. The van der Waals surface area contributed by atoms with Crippen LogP contribution in [0.25, 0.3) is 10.1 Å². The Bertz CT molecular complexity index is 624. The first-order valence-corrected chi connectivity index (χ1v) is 7.01. The number of methoxy groups -OCH3 is 1. The van der Waals surface area contributed by atoms with Gasteiger partial charge in [-0.25, -0.2) is 0 Å². The van der Waals surface area contributed by atoms with Crippen molar-refractivity contribution >= 4 is 33.0 Å². The predicted octanol–water partition coefficient (Wildman–Crippen LogP) is 2.15. The molecule has 0 atom stereocenters. The minimum absolute atomic E-state index is 0.0966. The zero-order chi connectivity index (χ0) is 14.5. The molecule has 0 bridgehead atoms. The molecule has 0 radical (unpaired) electrons. The zero-order valence-corrected chi connectivity index (χ0v) is 12.2. The Balaban J connectivity index is 2.33. The lowest BCUT2D eigenvalue weighted by Crippen LogP contribution is -2.33. The summed E-state index contributed by atoms with van der Waals surface area (Å²) in [7, 11) is 1.61. The molecule has 0 aliphatic rings. The lowest BCUT2D eigenvalue weighted by molar-refractivity contribution is 0.0724. The number of pyridine rings is 1. The molecule has 0 unspecified atom stereocenters. The molecule has 6 heteroatoms. The molecule has 2 rings (SSSR count). The minimum atomic E-state index is -0.0966. The Hall–Kier alpha value is -1.92. The number of carbonyl (C=O) groups is 1. The minimum Gasteiger partial charge on any atom is -0.397 e. The second kappa shape index (κ2) is 6.49. The van der Waals surface area contributed by atoms with Gasteiger partial charge >= 0.3 is 0 Å². The lowest BCUT2D eigenvalue weighted by atomic mass is 10.2. The summed E-state index contributed by atoms with van der Waals surface area (Å²) in [5.74, 6) is -0.0966. The number of carbonyl (C=O) groups excluding carboxylic acids is 1. The quantitative estimate of drug-likeness (QED) is 0.828. The third-order valence-electron chi connectivity index (χ3n) is 2.93. The molecule has 0 saturated heterocycles. The highest BCUT2D eigenvalue weighted by Gasteiger charge is 2.21. The van der Waals surface area contributed by atoms with Gasteiger partial charge in [0, 0.05) is 38.0 Å². The fourth-order valence-corrected chi connectivity index (χ4v) is 2.96. The van der Waals surface area contributed by atoms with Crippen LogP contribution in [0, 0.1) is 0 Å². The zero-order valence-electron chi connectivity index (χ0n) is 11.3. The number of aromatic nitrogens is 1. The largest absolute Gasteiger partial charge is 0.397 e. The van der Waals surface area contributed by atoms with Gasteiger partial charge in [-0.3, -0.25) is 9.78 Å². The number of nitrogens with two attached hydrogens (primary N) is 1. The smallest absolute Gasteiger partial charge is 0.266 e. The second-order valence-electron chi connectivity index (χ2n) is 4.25. The third kappa shape index (κ3) is 2.81. The standard InChI is InChI=1S/C14H17N3O2S/c1-3-6-17(7-8-19-2)14(18)13-12(15)10-4-5-16-9-11(10)20-13/h3-5,9H,1,6-8,15H2,2H3. The van der Waals surface area contributed by atoms with Crippen molar-refractivity contribution in [2.24, 2.45) is 0 Å². The van der Waals surface area contributed by atoms with Gasteiger partial charge in [-0.1, -0.05) is 6.08 Å². The summed E-state index contributed by atoms with van der Waals surface area (Å²) in [6.07, 6.45) is 5.09. The molecule has 2 N–H and O–H groups in total. The number of amides is 1. The van der Waals surface area contributed by atoms with E-state index in [0.29, 0.717) is 30.3 Å². The van der Waals surface area contributed by atoms with Crippen molar-refractivity contribution in [1.82, 2.24) is 9.88 Å². The fraction of sp³-hybridized carbons (Fsp3) is 0.286. The van der Waals surface area contributed by atoms with Crippen molar-refractivity contribution in [2.45, 2.75) is 0 Å². The highest BCUT2D eigenvalue weighted by atomic mass is 32.1. The lowest BCUT2D eigenvalue weighted by Gasteiger charge is -2.20. The maximum absolute atomic E-state index is 12.6. The van der Waals surface area contributed by atoms with Crippen LogP contribution in [0.4, 0.5) is 5.69 Å². The summed E-state index contributed by atoms with van der Waals surface area (Å²) in [5.41, 5.74) is 6.60. The first-order chi connectivity index (χ1) is 9.69. The number of hydrogen-bond donors (Lipinski definition) is 1. The number of hydrogen-bond acceptors (Lipinski definition) is 5. The van der Waals surface area contributed by atoms with E-state index in [0.717, 1.165) is 10.1 Å². The average Bonchev–Trinajstić information content (AvgIpc) is 2.80. The molecule has 2 aromatic rings. The van der Waals surface area contributed by atoms with Crippen molar-refractivity contribution in [1.29, 1.82) is 0 Å². The van der Waals surface area contributed by atoms with Gasteiger partial charge in [0.05, 0.1) is 17.0 Å². The number of ether oxygens (including phenoxy) is 1. The Morgan fingerprint density at radius 2 is 2.45 bits per heavy atom. The van der Waals surface area contributed by atoms with Gasteiger partial charge in [-0.05, 0) is 6.07 Å². The number of anilines is 1. The topological polar surface area (TPSA) is 68.5 Å². The second-order valence-corrected chi connectivity index (χ2v) is 5.30. The number of thiophene rings is 1. The first kappa shape index (κ1) is 14.5. The molecular formula is C14H17N3O2S. The Morgan fingerprint density at radius 1 is 1.65 bits per heavy atom. The van der Waals surface area contributed by atoms with Crippen LogP contribution in [-0.4, -0.2) is 42.6 Å². The highest BCUT2D eigenvalue weighted by molar-refractivity contribution is 7.21. The maximum atomic E-state index is 12.6. The van der Waals surface area contributed by atoms with Gasteiger partial charge in [0.1, 0.15) is 4.88 Å². The summed E-state index contributed by atoms with van der Waals surface area (Å²) >= 11 is 1.37. The van der Waals surface area contributed by atoms with Crippen LogP contribution < -0.4 is 5.73 Å². The van der Waals surface area contributed by atoms with Crippen molar-refractivity contribution in [3.05, 3.63) is 36.0 Å². The van der Waals surface area contributed by atoms with Crippen LogP contribution in [0.15, 0.2) is 31.1 Å². The SMILES string of the molecule is C=CCN(CCOC)C(=O)c1sc2cnccc2c1N. The van der Waals surface area contributed by atoms with Crippen molar-refractivity contribution in [3.8, 4) is 0 Å². The van der Waals surface area contributed by atoms with E-state index in [1.165, 1.54) is 11.3 Å². The van der Waals surface area contributed by atoms with E-state index in [-0.39, 0.29) is 5.91 Å². The number of fused-ring (bicyclic) bond motifs is 1. The summed E-state index contributed by atoms with van der Waals surface area (Å²) in [6, 6.07) is 1.82. The van der Waals surface area contributed by atoms with Crippen molar-refractivity contribution < 1.29 is 9.53 Å². The van der Waals surface area contributed by atoms with Gasteiger partial charge in [-0.2, -0.15) is 0 Å². The van der Waals surface area contributed by atoms with Gasteiger partial charge in [0.2, 0.25) is 0 Å². The molecule has 0 spiro atoms. The molecule has 5 nitrogen and oxygen atoms in total. The molecule has 1 amide bonds. The molecule has 106 valence electrons. The van der Waals surface area contributed by atoms with E-state index in [4.69, 9.17) is 10.5 Å². The van der Waals surface area contributed by atoms with Crippen LogP contribution in [0.1, 0.15) is 9.67 Å². The molecule has 20 heavy (non-hydrogen) atoms. The maximum Gasteiger partial charge on any atom is 0.266 e. The first-order valence-electron chi connectivity index (χ1n) is 6.20. The van der Waals surface area contributed by atoms with E-state index < -0.39 is 0 Å². The molecule has 0 aromatic carbocycles. The van der Waals surface area contributed by atoms with Gasteiger partial charge in [0.15, 0.2) is 0 Å². The molecule has 0 aliphatic heterocycles. The normalized spacial score (nSPS) is 10.7. The Morgan fingerprint density at radius 3 is 3.10 bits per heavy atom. The van der Waals surface area contributed by atoms with Crippen LogP contribution in [0.2, 0.25) is 0 Å². The summed E-state index contributed by atoms with van der Waals surface area (Å²) < 4.78 is 5.94. The molecule has 0 fully saturated rings. The predicted molar refractivity (Wildman–Crippen MR) is 82.0 cm³/mol. The molecule has 0 saturated carbocycles. The van der Waals surface area contributed by atoms with E-state index >= 15 is 0 Å². The van der Waals surface area contributed by atoms with E-state index in [2.05, 4.69) is 11.6 Å². The molecule has 0 aliphatic carbocycles. The number of nitrogen functional groups attached to an aromatic ring is 1. The highest BCUT2D eigenvalue weighted by Crippen LogP contribution is 2.33. The fourth-order valence-electron chi connectivity index (χ4n) is 1.91. The van der Waals surface area contributed by atoms with E-state index in [9.17, 15) is 4.79 Å². The molecular weight excluding hydrogens is 274 g/mol. The van der Waals surface area contributed by atoms with Crippen LogP contribution in [-0.2, 0) is 4.74 Å². The monoisotopic (exact) mass is 291 g/mol. The molecule has 2 aromatic heterocycles. The van der Waals surface area contributed by atoms with Crippen molar-refractivity contribution in [2.75, 3.05) is 32.5 Å². The van der Waals surface area contributed by atoms with E-state index in [1.807, 2.05) is 6.07 Å². The van der Waals surface area contributed by atoms with Crippen LogP contribution in [0.3, 0.4) is 0 Å². The van der Waals surface area contributed by atoms with Crippen molar-refractivity contribution in [3.63, 3.8) is 0 Å². The molecule has 2 heterocycles. The van der Waals surface area contributed by atoms with Crippen LogP contribution in [0.5, 0.6) is 0 Å².